The van der Waals surface area contributed by atoms with E-state index in [9.17, 15) is 3.32 Å². The van der Waals surface area contributed by atoms with Crippen molar-refractivity contribution < 1.29 is 26.0 Å². The Balaban J connectivity index is 5.32. The predicted molar refractivity (Wildman–Crippen MR) is 83.5 cm³/mol. The molecule has 0 bridgehead atoms. The molecule has 0 N–H and O–H groups in total. The molecule has 0 aromatic rings. The Morgan fingerprint density at radius 2 is 1.05 bits per heavy atom. The van der Waals surface area contributed by atoms with Crippen LogP contribution in [0.25, 0.3) is 0 Å². The molecule has 0 heterocycles. The van der Waals surface area contributed by atoms with Gasteiger partial charge in [0.25, 0.3) is 0 Å². The van der Waals surface area contributed by atoms with Crippen molar-refractivity contribution in [3.8, 4) is 0 Å². The summed E-state index contributed by atoms with van der Waals surface area (Å²) < 4.78 is 25.3. The van der Waals surface area contributed by atoms with Gasteiger partial charge in [-0.1, -0.05) is 0 Å². The average Bonchev–Trinajstić information content (AvgIpc) is 2.22. The van der Waals surface area contributed by atoms with Crippen LogP contribution in [0.15, 0.2) is 0 Å². The summed E-state index contributed by atoms with van der Waals surface area (Å²) in [6.07, 6.45) is 0. The first-order valence-corrected chi connectivity index (χ1v) is 12.6. The molecule has 3 nitrogen and oxygen atoms in total. The van der Waals surface area contributed by atoms with Gasteiger partial charge in [-0.2, -0.15) is 0 Å². The topological polar surface area (TPSA) is 35.5 Å². The van der Waals surface area contributed by atoms with Crippen LogP contribution >= 0.6 is 46.4 Å². The molecule has 4 unspecified atom stereocenters. The molecule has 0 amide bonds. The molecule has 0 aliphatic rings. The van der Waals surface area contributed by atoms with Gasteiger partial charge in [0, 0.05) is 0 Å². The Hall–Kier alpha value is 1.59. The van der Waals surface area contributed by atoms with Crippen LogP contribution in [0.4, 0.5) is 0 Å². The van der Waals surface area contributed by atoms with Gasteiger partial charge in [-0.25, -0.2) is 0 Å². The van der Waals surface area contributed by atoms with E-state index in [1.807, 2.05) is 0 Å². The third-order valence-corrected chi connectivity index (χ3v) is 10.9. The summed E-state index contributed by atoms with van der Waals surface area (Å²) in [5.41, 5.74) is 0. The van der Waals surface area contributed by atoms with E-state index < -0.39 is 16.1 Å². The third kappa shape index (κ3) is 8.90. The minimum absolute atomic E-state index is 0.131. The summed E-state index contributed by atoms with van der Waals surface area (Å²) in [5.74, 6) is 0. The van der Waals surface area contributed by atoms with E-state index in [-0.39, 0.29) is 44.2 Å². The summed E-state index contributed by atoms with van der Waals surface area (Å²) in [7, 11) is 0. The first kappa shape index (κ1) is 21.6. The number of hydrogen-bond donors (Lipinski definition) is 0. The summed E-state index contributed by atoms with van der Waals surface area (Å²) in [5, 5.41) is -1.26. The van der Waals surface area contributed by atoms with E-state index in [0.29, 0.717) is 0 Å². The van der Waals surface area contributed by atoms with Gasteiger partial charge in [0.1, 0.15) is 0 Å². The molecule has 0 fully saturated rings. The average molecular weight is 406 g/mol. The fourth-order valence-electron chi connectivity index (χ4n) is 2.05. The van der Waals surface area contributed by atoms with E-state index in [2.05, 4.69) is 0 Å². The van der Waals surface area contributed by atoms with E-state index in [1.165, 1.54) is 0 Å². The molecule has 122 valence electrons. The molecular weight excluding hydrogens is 382 g/mol. The van der Waals surface area contributed by atoms with Crippen molar-refractivity contribution in [3.05, 3.63) is 0 Å². The monoisotopic (exact) mass is 404 g/mol. The molecule has 0 aliphatic carbocycles. The second kappa shape index (κ2) is 9.03. The Morgan fingerprint density at radius 1 is 0.750 bits per heavy atom. The molecule has 4 atom stereocenters. The van der Waals surface area contributed by atoms with E-state index in [0.717, 1.165) is 0 Å². The van der Waals surface area contributed by atoms with Crippen molar-refractivity contribution in [2.24, 2.45) is 0 Å². The van der Waals surface area contributed by atoms with Crippen molar-refractivity contribution in [2.45, 2.75) is 58.7 Å². The van der Waals surface area contributed by atoms with Gasteiger partial charge in [-0.3, -0.25) is 0 Å². The van der Waals surface area contributed by atoms with Gasteiger partial charge in [-0.15, -0.1) is 0 Å². The van der Waals surface area contributed by atoms with Crippen molar-refractivity contribution in [2.75, 3.05) is 13.2 Å². The van der Waals surface area contributed by atoms with Crippen LogP contribution in [-0.2, 0) is 26.0 Å². The number of hydrogen-bond acceptors (Lipinski definition) is 3. The van der Waals surface area contributed by atoms with Crippen molar-refractivity contribution in [1.82, 2.24) is 0 Å². The number of rotatable bonds is 10. The van der Waals surface area contributed by atoms with Gasteiger partial charge < -0.3 is 0 Å². The second-order valence-corrected chi connectivity index (χ2v) is 14.9. The quantitative estimate of drug-likeness (QED) is 0.368. The first-order chi connectivity index (χ1) is 8.96. The molecule has 0 aromatic heterocycles. The molecule has 0 aromatic carbocycles. The van der Waals surface area contributed by atoms with Crippen LogP contribution in [0.1, 0.15) is 27.7 Å². The van der Waals surface area contributed by atoms with Crippen LogP contribution in [0, 0.1) is 0 Å². The molecule has 0 radical (unpaired) electrons. The summed E-state index contributed by atoms with van der Waals surface area (Å²) in [6, 6.07) is 0. The molecule has 0 saturated carbocycles. The second-order valence-electron chi connectivity index (χ2n) is 5.52. The maximum absolute atomic E-state index is 13.6. The summed E-state index contributed by atoms with van der Waals surface area (Å²) in [6.45, 7) is 7.29. The molecule has 0 spiro atoms. The van der Waals surface area contributed by atoms with Gasteiger partial charge in [0.15, 0.2) is 0 Å². The zero-order valence-corrected chi connectivity index (χ0v) is 17.0. The van der Waals surface area contributed by atoms with Crippen LogP contribution < -0.4 is 0 Å². The fourth-order valence-corrected chi connectivity index (χ4v) is 11.4. The summed E-state index contributed by atoms with van der Waals surface area (Å²) >= 11 is 18.9. The molecule has 20 heavy (non-hydrogen) atoms. The summed E-state index contributed by atoms with van der Waals surface area (Å²) in [4.78, 5) is 0. The number of halogens is 4. The Bertz CT molecular complexity index is 314. The van der Waals surface area contributed by atoms with Crippen molar-refractivity contribution in [3.63, 3.8) is 0 Å². The standard InChI is InChI=1S/2C3H6ClO.2C3H6Cl.O.Ti/c2*1-3(4)2-5;2*1-3(2)4;;/h2*3H,2H2,1H3;2*3H,1H2,2H3;;/q2*-1;;;;+2. The van der Waals surface area contributed by atoms with Gasteiger partial charge in [0.2, 0.25) is 0 Å². The molecular formula is C12H24Cl4O3Ti. The van der Waals surface area contributed by atoms with Crippen LogP contribution in [-0.4, -0.2) is 34.7 Å². The first-order valence-electron chi connectivity index (χ1n) is 6.71. The molecule has 8 heteroatoms. The molecule has 0 saturated heterocycles. The Labute approximate surface area is 143 Å². The zero-order valence-electron chi connectivity index (χ0n) is 12.4. The molecule has 0 aliphatic heterocycles. The number of alkyl halides is 4. The Morgan fingerprint density at radius 3 is 1.25 bits per heavy atom. The van der Waals surface area contributed by atoms with E-state index in [1.54, 1.807) is 27.7 Å². The van der Waals surface area contributed by atoms with E-state index in [4.69, 9.17) is 53.0 Å². The van der Waals surface area contributed by atoms with Crippen LogP contribution in [0.2, 0.25) is 9.45 Å². The zero-order chi connectivity index (χ0) is 16.0. The van der Waals surface area contributed by atoms with Crippen LogP contribution in [0.3, 0.4) is 0 Å². The maximum atomic E-state index is 13.6. The van der Waals surface area contributed by atoms with E-state index >= 15 is 0 Å². The molecule has 0 rings (SSSR count). The van der Waals surface area contributed by atoms with Crippen molar-refractivity contribution >= 4 is 46.4 Å². The van der Waals surface area contributed by atoms with Crippen molar-refractivity contribution in [1.29, 1.82) is 0 Å². The fraction of sp³-hybridized carbons (Fsp3) is 1.00. The third-order valence-electron chi connectivity index (χ3n) is 2.62. The Kier molecular flexibility index (Phi) is 9.75. The normalized spacial score (nSPS) is 19.4. The predicted octanol–water partition coefficient (Wildman–Crippen LogP) is 5.23. The minimum atomic E-state index is -5.01. The van der Waals surface area contributed by atoms with Gasteiger partial charge in [0.05, 0.1) is 0 Å². The van der Waals surface area contributed by atoms with Gasteiger partial charge >= 0.3 is 144 Å². The van der Waals surface area contributed by atoms with Gasteiger partial charge in [-0.05, 0) is 0 Å². The van der Waals surface area contributed by atoms with Crippen LogP contribution in [0.5, 0.6) is 0 Å². The SMILES string of the molecule is CC(Cl)C[O][Ti](=[O])([CH2]C(C)Cl)([CH2]C(C)Cl)[O]CC(C)Cl.